The van der Waals surface area contributed by atoms with Crippen LogP contribution in [0.25, 0.3) is 0 Å². The van der Waals surface area contributed by atoms with Gasteiger partial charge in [-0.3, -0.25) is 19.2 Å². The highest BCUT2D eigenvalue weighted by Gasteiger charge is 2.73. The first-order valence-electron chi connectivity index (χ1n) is 15.4. The molecule has 6 rings (SSSR count). The number of rotatable bonds is 8. The molecule has 2 aliphatic rings. The van der Waals surface area contributed by atoms with Crippen LogP contribution in [0.1, 0.15) is 63.7 Å². The largest absolute Gasteiger partial charge is 0.417 e. The lowest BCUT2D eigenvalue weighted by Gasteiger charge is -2.38. The van der Waals surface area contributed by atoms with Gasteiger partial charge in [0.2, 0.25) is 5.41 Å². The molecule has 59 heavy (non-hydrogen) atoms. The smallest absolute Gasteiger partial charge is 0.266 e. The molecule has 4 aromatic carbocycles. The normalized spacial score (nSPS) is 15.6. The quantitative estimate of drug-likeness (QED) is 0.134. The number of hydrogen-bond acceptors (Lipinski definition) is 10. The minimum atomic E-state index is -6.55. The number of carbonyl (C=O) groups is 4. The molecule has 0 saturated heterocycles. The van der Waals surface area contributed by atoms with Gasteiger partial charge in [0.1, 0.15) is 9.79 Å². The Morgan fingerprint density at radius 3 is 1.03 bits per heavy atom. The number of benzene rings is 4. The third-order valence-corrected chi connectivity index (χ3v) is 11.2. The van der Waals surface area contributed by atoms with Crippen molar-refractivity contribution in [3.63, 3.8) is 0 Å². The zero-order valence-electron chi connectivity index (χ0n) is 27.9. The number of nitrogens with zero attached hydrogens (tertiary/aromatic N) is 2. The van der Waals surface area contributed by atoms with Crippen LogP contribution in [0.15, 0.2) is 94.7 Å². The lowest BCUT2D eigenvalue weighted by molar-refractivity contribution is -0.288. The van der Waals surface area contributed by atoms with Gasteiger partial charge in [0, 0.05) is 0 Å². The maximum absolute atomic E-state index is 15.1. The number of hydrogen-bond donors (Lipinski definition) is 0. The predicted molar refractivity (Wildman–Crippen MR) is 166 cm³/mol. The van der Waals surface area contributed by atoms with Crippen molar-refractivity contribution in [2.75, 3.05) is 0 Å². The standard InChI is InChI=1S/C33H14F12N2O10S2/c34-30(35,36)21-5-1-3-7-23(21)58(52,53)56-46-25(48)17-11-9-15(13-19(17)27(46)50)29(32(40,41)42,33(43,44)45)16-10-12-18-20(14-16)28(51)47(26(18)49)57-59(54,55)24-8-4-2-6-22(24)31(37,38)39/h1-14H. The van der Waals surface area contributed by atoms with Gasteiger partial charge < -0.3 is 0 Å². The Balaban J connectivity index is 1.42. The second-order valence-corrected chi connectivity index (χ2v) is 15.1. The van der Waals surface area contributed by atoms with E-state index in [-0.39, 0.29) is 48.5 Å². The number of amides is 4. The fourth-order valence-corrected chi connectivity index (χ4v) is 8.36. The molecule has 0 aliphatic carbocycles. The van der Waals surface area contributed by atoms with Crippen molar-refractivity contribution in [1.29, 1.82) is 0 Å². The van der Waals surface area contributed by atoms with Crippen molar-refractivity contribution in [2.24, 2.45) is 0 Å². The highest BCUT2D eigenvalue weighted by molar-refractivity contribution is 7.87. The lowest BCUT2D eigenvalue weighted by Crippen LogP contribution is -2.55. The maximum Gasteiger partial charge on any atom is 0.417 e. The summed E-state index contributed by atoms with van der Waals surface area (Å²) in [6, 6.07) is 4.35. The minimum absolute atomic E-state index is 0.00221. The van der Waals surface area contributed by atoms with Crippen LogP contribution < -0.4 is 0 Å². The van der Waals surface area contributed by atoms with Gasteiger partial charge in [-0.1, -0.05) is 36.4 Å². The summed E-state index contributed by atoms with van der Waals surface area (Å²) in [6.07, 6.45) is -23.8. The summed E-state index contributed by atoms with van der Waals surface area (Å²) in [4.78, 5) is 49.0. The van der Waals surface area contributed by atoms with Crippen LogP contribution in [0.3, 0.4) is 0 Å². The zero-order valence-corrected chi connectivity index (χ0v) is 29.5. The van der Waals surface area contributed by atoms with Crippen molar-refractivity contribution in [3.8, 4) is 0 Å². The van der Waals surface area contributed by atoms with Crippen LogP contribution in [-0.2, 0) is 46.6 Å². The molecular formula is C33H14F12N2O10S2. The predicted octanol–water partition coefficient (Wildman–Crippen LogP) is 6.97. The van der Waals surface area contributed by atoms with E-state index in [4.69, 9.17) is 0 Å². The van der Waals surface area contributed by atoms with E-state index in [1.807, 2.05) is 0 Å². The summed E-state index contributed by atoms with van der Waals surface area (Å²) in [7, 11) is -11.6. The molecule has 2 aliphatic heterocycles. The molecule has 4 aromatic rings. The van der Waals surface area contributed by atoms with Gasteiger partial charge in [-0.15, -0.1) is 18.7 Å². The summed E-state index contributed by atoms with van der Waals surface area (Å²) in [5, 5.41) is -1.45. The number of hydroxylamine groups is 4. The second-order valence-electron chi connectivity index (χ2n) is 12.1. The lowest BCUT2D eigenvalue weighted by atomic mass is 9.71. The van der Waals surface area contributed by atoms with Crippen molar-refractivity contribution < 1.29 is 97.3 Å². The van der Waals surface area contributed by atoms with Crippen LogP contribution in [0.4, 0.5) is 52.7 Å². The first-order chi connectivity index (χ1) is 27.0. The number of fused-ring (bicyclic) bond motifs is 2. The molecule has 0 N–H and O–H groups in total. The van der Waals surface area contributed by atoms with Crippen LogP contribution >= 0.6 is 0 Å². The van der Waals surface area contributed by atoms with Gasteiger partial charge in [0.15, 0.2) is 0 Å². The first kappa shape index (κ1) is 42.7. The maximum atomic E-state index is 15.1. The highest BCUT2D eigenvalue weighted by atomic mass is 32.2. The first-order valence-corrected chi connectivity index (χ1v) is 18.2. The van der Waals surface area contributed by atoms with Gasteiger partial charge >= 0.3 is 44.9 Å². The number of imide groups is 2. The van der Waals surface area contributed by atoms with Crippen LogP contribution in [0, 0.1) is 0 Å². The number of alkyl halides is 12. The molecule has 312 valence electrons. The molecule has 0 spiro atoms. The van der Waals surface area contributed by atoms with Gasteiger partial charge in [-0.2, -0.15) is 69.5 Å². The molecule has 12 nitrogen and oxygen atoms in total. The molecule has 0 aromatic heterocycles. The fourth-order valence-electron chi connectivity index (χ4n) is 6.14. The molecule has 2 heterocycles. The monoisotopic (exact) mass is 890 g/mol. The summed E-state index contributed by atoms with van der Waals surface area (Å²) < 4.78 is 232. The highest BCUT2D eigenvalue weighted by Crippen LogP contribution is 2.57. The molecule has 26 heteroatoms. The van der Waals surface area contributed by atoms with Crippen LogP contribution in [-0.4, -0.2) is 62.9 Å². The van der Waals surface area contributed by atoms with E-state index in [9.17, 15) is 62.4 Å². The average Bonchev–Trinajstić information content (AvgIpc) is 3.49. The molecule has 0 fully saturated rings. The second kappa shape index (κ2) is 13.6. The Hall–Kier alpha value is -5.86. The fraction of sp³-hybridized carbons (Fsp3) is 0.152. The third kappa shape index (κ3) is 6.87. The van der Waals surface area contributed by atoms with Gasteiger partial charge in [-0.25, -0.2) is 0 Å². The van der Waals surface area contributed by atoms with E-state index in [0.29, 0.717) is 12.1 Å². The molecule has 4 amide bonds. The average molecular weight is 891 g/mol. The Bertz CT molecular complexity index is 2530. The van der Waals surface area contributed by atoms with E-state index in [1.54, 1.807) is 0 Å². The molecule has 0 atom stereocenters. The molecule has 0 radical (unpaired) electrons. The SMILES string of the molecule is O=C1c2ccc(C(c3ccc4c(c3)C(=O)N(OS(=O)(=O)c3ccccc3C(F)(F)F)C4=O)(C(F)(F)F)C(F)(F)F)cc2C(=O)N1OS(=O)(=O)c1ccccc1C(F)(F)F. The topological polar surface area (TPSA) is 161 Å². The van der Waals surface area contributed by atoms with Crippen molar-refractivity contribution >= 4 is 43.9 Å². The van der Waals surface area contributed by atoms with E-state index in [1.165, 1.54) is 0 Å². The van der Waals surface area contributed by atoms with Gasteiger partial charge in [0.05, 0.1) is 33.4 Å². The molecule has 0 unspecified atom stereocenters. The van der Waals surface area contributed by atoms with Crippen molar-refractivity contribution in [1.82, 2.24) is 10.1 Å². The Morgan fingerprint density at radius 2 is 0.729 bits per heavy atom. The summed E-state index contributed by atoms with van der Waals surface area (Å²) >= 11 is 0. The van der Waals surface area contributed by atoms with Crippen molar-refractivity contribution in [3.05, 3.63) is 129 Å². The zero-order chi connectivity index (χ0) is 44.1. The van der Waals surface area contributed by atoms with Crippen LogP contribution in [0.5, 0.6) is 0 Å². The minimum Gasteiger partial charge on any atom is -0.266 e. The van der Waals surface area contributed by atoms with E-state index in [0.717, 1.165) is 24.3 Å². The molecule has 0 bridgehead atoms. The van der Waals surface area contributed by atoms with Crippen LogP contribution in [0.2, 0.25) is 0 Å². The Morgan fingerprint density at radius 1 is 0.424 bits per heavy atom. The van der Waals surface area contributed by atoms with Gasteiger partial charge in [0.25, 0.3) is 23.6 Å². The number of carbonyl (C=O) groups excluding carboxylic acids is 4. The van der Waals surface area contributed by atoms with Crippen molar-refractivity contribution in [2.45, 2.75) is 39.9 Å². The number of halogens is 12. The van der Waals surface area contributed by atoms with E-state index < -0.39 is 138 Å². The Kier molecular flexibility index (Phi) is 9.85. The van der Waals surface area contributed by atoms with E-state index >= 15 is 26.3 Å². The summed E-state index contributed by atoms with van der Waals surface area (Å²) in [6.45, 7) is 0. The van der Waals surface area contributed by atoms with Gasteiger partial charge in [-0.05, 0) is 59.7 Å². The summed E-state index contributed by atoms with van der Waals surface area (Å²) in [5.41, 5.74) is -17.9. The summed E-state index contributed by atoms with van der Waals surface area (Å²) in [5.74, 6) is -7.84. The molecular weight excluding hydrogens is 876 g/mol. The molecule has 0 saturated carbocycles. The van der Waals surface area contributed by atoms with E-state index in [2.05, 4.69) is 8.57 Å². The Labute approximate surface area is 320 Å². The third-order valence-electron chi connectivity index (χ3n) is 8.68.